The number of hydrogen-bond acceptors (Lipinski definition) is 3. The van der Waals surface area contributed by atoms with Gasteiger partial charge in [0.2, 0.25) is 0 Å². The minimum atomic E-state index is -0.415. The molecule has 0 atom stereocenters. The molecule has 0 fully saturated rings. The Balaban J connectivity index is 2.17. The number of fused-ring (bicyclic) bond motifs is 1. The maximum absolute atomic E-state index is 13.7. The van der Waals surface area contributed by atoms with E-state index in [1.165, 1.54) is 18.7 Å². The number of halogens is 2. The maximum Gasteiger partial charge on any atom is 0.167 e. The summed E-state index contributed by atoms with van der Waals surface area (Å²) in [6.45, 7) is 0.664. The summed E-state index contributed by atoms with van der Waals surface area (Å²) < 4.78 is 20.8. The standard InChI is InChI=1S/C14H12ClFN2OS/c1-19-13-5-12-11(4-10(13)16)17-14(6-15)18(12)7-9-2-3-20-8-9/h2-5,8H,6-7H2,1H3. The van der Waals surface area contributed by atoms with Gasteiger partial charge in [0.1, 0.15) is 5.82 Å². The number of aromatic nitrogens is 2. The van der Waals surface area contributed by atoms with Gasteiger partial charge in [0.05, 0.1) is 30.6 Å². The lowest BCUT2D eigenvalue weighted by Crippen LogP contribution is -2.03. The lowest BCUT2D eigenvalue weighted by molar-refractivity contribution is 0.387. The first-order chi connectivity index (χ1) is 9.72. The van der Waals surface area contributed by atoms with Crippen LogP contribution >= 0.6 is 22.9 Å². The zero-order valence-corrected chi connectivity index (χ0v) is 12.3. The summed E-state index contributed by atoms with van der Waals surface area (Å²) >= 11 is 7.59. The van der Waals surface area contributed by atoms with E-state index in [2.05, 4.69) is 16.4 Å². The van der Waals surface area contributed by atoms with Crippen LogP contribution in [-0.2, 0) is 12.4 Å². The highest BCUT2D eigenvalue weighted by Gasteiger charge is 2.14. The minimum absolute atomic E-state index is 0.213. The van der Waals surface area contributed by atoms with Gasteiger partial charge in [-0.1, -0.05) is 0 Å². The van der Waals surface area contributed by atoms with E-state index >= 15 is 0 Å². The van der Waals surface area contributed by atoms with Crippen molar-refractivity contribution in [2.45, 2.75) is 12.4 Å². The van der Waals surface area contributed by atoms with E-state index in [0.717, 1.165) is 11.3 Å². The monoisotopic (exact) mass is 310 g/mol. The topological polar surface area (TPSA) is 27.1 Å². The highest BCUT2D eigenvalue weighted by atomic mass is 35.5. The Morgan fingerprint density at radius 2 is 2.30 bits per heavy atom. The van der Waals surface area contributed by atoms with Crippen LogP contribution in [0.1, 0.15) is 11.4 Å². The molecular weight excluding hydrogens is 299 g/mol. The van der Waals surface area contributed by atoms with Crippen molar-refractivity contribution in [3.8, 4) is 5.75 Å². The van der Waals surface area contributed by atoms with Gasteiger partial charge >= 0.3 is 0 Å². The summed E-state index contributed by atoms with van der Waals surface area (Å²) in [5, 5.41) is 4.10. The molecule has 2 heterocycles. The fraction of sp³-hybridized carbons (Fsp3) is 0.214. The highest BCUT2D eigenvalue weighted by molar-refractivity contribution is 7.07. The predicted octanol–water partition coefficient (Wildman–Crippen LogP) is 4.03. The first-order valence-electron chi connectivity index (χ1n) is 6.02. The maximum atomic E-state index is 13.7. The van der Waals surface area contributed by atoms with Gasteiger partial charge in [-0.25, -0.2) is 9.37 Å². The van der Waals surface area contributed by atoms with Crippen LogP contribution in [0.2, 0.25) is 0 Å². The summed E-state index contributed by atoms with van der Waals surface area (Å²) in [6, 6.07) is 5.10. The molecule has 0 saturated carbocycles. The summed E-state index contributed by atoms with van der Waals surface area (Å²) in [5.41, 5.74) is 2.59. The van der Waals surface area contributed by atoms with Crippen LogP contribution in [0, 0.1) is 5.82 Å². The number of imidazole rings is 1. The van der Waals surface area contributed by atoms with E-state index in [1.54, 1.807) is 17.4 Å². The molecule has 20 heavy (non-hydrogen) atoms. The van der Waals surface area contributed by atoms with Crippen molar-refractivity contribution in [1.29, 1.82) is 0 Å². The number of thiophene rings is 1. The van der Waals surface area contributed by atoms with Crippen molar-refractivity contribution in [3.05, 3.63) is 46.2 Å². The quantitative estimate of drug-likeness (QED) is 0.680. The van der Waals surface area contributed by atoms with E-state index in [9.17, 15) is 4.39 Å². The second-order valence-electron chi connectivity index (χ2n) is 4.35. The number of hydrogen-bond donors (Lipinski definition) is 0. The molecule has 104 valence electrons. The van der Waals surface area contributed by atoms with Crippen LogP contribution < -0.4 is 4.74 Å². The highest BCUT2D eigenvalue weighted by Crippen LogP contribution is 2.27. The molecule has 0 aliphatic heterocycles. The van der Waals surface area contributed by atoms with Crippen LogP contribution in [-0.4, -0.2) is 16.7 Å². The van der Waals surface area contributed by atoms with Crippen molar-refractivity contribution in [2.24, 2.45) is 0 Å². The summed E-state index contributed by atoms with van der Waals surface area (Å²) in [5.74, 6) is 0.801. The normalized spacial score (nSPS) is 11.2. The van der Waals surface area contributed by atoms with Crippen molar-refractivity contribution >= 4 is 34.0 Å². The molecule has 0 unspecified atom stereocenters. The Hall–Kier alpha value is -1.59. The van der Waals surface area contributed by atoms with Gasteiger partial charge in [-0.3, -0.25) is 0 Å². The molecule has 0 saturated heterocycles. The molecular formula is C14H12ClFN2OS. The molecule has 3 nitrogen and oxygen atoms in total. The summed E-state index contributed by atoms with van der Waals surface area (Å²) in [4.78, 5) is 4.39. The SMILES string of the molecule is COc1cc2c(cc1F)nc(CCl)n2Cc1ccsc1. The number of benzene rings is 1. The molecule has 0 aliphatic carbocycles. The second-order valence-corrected chi connectivity index (χ2v) is 5.40. The number of alkyl halides is 1. The van der Waals surface area contributed by atoms with Crippen molar-refractivity contribution in [2.75, 3.05) is 7.11 Å². The molecule has 3 rings (SSSR count). The Kier molecular flexibility index (Phi) is 3.63. The van der Waals surface area contributed by atoms with E-state index < -0.39 is 5.82 Å². The first-order valence-corrected chi connectivity index (χ1v) is 7.50. The van der Waals surface area contributed by atoms with Crippen LogP contribution in [0.5, 0.6) is 5.75 Å². The Labute approximate surface area is 124 Å². The summed E-state index contributed by atoms with van der Waals surface area (Å²) in [6.07, 6.45) is 0. The van der Waals surface area contributed by atoms with Crippen molar-refractivity contribution < 1.29 is 9.13 Å². The lowest BCUT2D eigenvalue weighted by atomic mass is 10.2. The number of nitrogens with zero attached hydrogens (tertiary/aromatic N) is 2. The smallest absolute Gasteiger partial charge is 0.167 e. The van der Waals surface area contributed by atoms with Crippen molar-refractivity contribution in [3.63, 3.8) is 0 Å². The van der Waals surface area contributed by atoms with Crippen LogP contribution in [0.3, 0.4) is 0 Å². The molecule has 0 aliphatic rings. The van der Waals surface area contributed by atoms with E-state index in [0.29, 0.717) is 12.1 Å². The molecule has 0 N–H and O–H groups in total. The molecule has 0 radical (unpaired) electrons. The third-order valence-corrected chi connectivity index (χ3v) is 4.11. The lowest BCUT2D eigenvalue weighted by Gasteiger charge is -2.07. The van der Waals surface area contributed by atoms with Gasteiger partial charge in [-0.2, -0.15) is 11.3 Å². The summed E-state index contributed by atoms with van der Waals surface area (Å²) in [7, 11) is 1.45. The van der Waals surface area contributed by atoms with Crippen LogP contribution in [0.4, 0.5) is 4.39 Å². The van der Waals surface area contributed by atoms with E-state index in [1.807, 2.05) is 9.95 Å². The van der Waals surface area contributed by atoms with Gasteiger partial charge in [0, 0.05) is 12.1 Å². The van der Waals surface area contributed by atoms with Crippen LogP contribution in [0.25, 0.3) is 11.0 Å². The fourth-order valence-corrected chi connectivity index (χ4v) is 3.04. The fourth-order valence-electron chi connectivity index (χ4n) is 2.18. The molecule has 1 aromatic carbocycles. The zero-order valence-electron chi connectivity index (χ0n) is 10.8. The second kappa shape index (κ2) is 5.42. The molecule has 0 amide bonds. The van der Waals surface area contributed by atoms with Crippen LogP contribution in [0.15, 0.2) is 29.0 Å². The van der Waals surface area contributed by atoms with Gasteiger partial charge in [0.25, 0.3) is 0 Å². The molecule has 0 spiro atoms. The number of methoxy groups -OCH3 is 1. The average molecular weight is 311 g/mol. The van der Waals surface area contributed by atoms with E-state index in [-0.39, 0.29) is 11.6 Å². The molecule has 6 heteroatoms. The Morgan fingerprint density at radius 3 is 2.95 bits per heavy atom. The Morgan fingerprint density at radius 1 is 1.45 bits per heavy atom. The average Bonchev–Trinajstić information content (AvgIpc) is 3.06. The third kappa shape index (κ3) is 2.27. The van der Waals surface area contributed by atoms with E-state index in [4.69, 9.17) is 16.3 Å². The molecule has 0 bridgehead atoms. The largest absolute Gasteiger partial charge is 0.494 e. The number of rotatable bonds is 4. The first kappa shape index (κ1) is 13.4. The molecule has 2 aromatic heterocycles. The zero-order chi connectivity index (χ0) is 14.1. The predicted molar refractivity (Wildman–Crippen MR) is 79.2 cm³/mol. The Bertz CT molecular complexity index is 739. The third-order valence-electron chi connectivity index (χ3n) is 3.14. The van der Waals surface area contributed by atoms with Gasteiger partial charge in [-0.05, 0) is 22.4 Å². The van der Waals surface area contributed by atoms with Gasteiger partial charge < -0.3 is 9.30 Å². The number of ether oxygens (including phenoxy) is 1. The van der Waals surface area contributed by atoms with Gasteiger partial charge in [0.15, 0.2) is 11.6 Å². The van der Waals surface area contributed by atoms with Crippen molar-refractivity contribution in [1.82, 2.24) is 9.55 Å². The van der Waals surface area contributed by atoms with Gasteiger partial charge in [-0.15, -0.1) is 11.6 Å². The molecule has 3 aromatic rings. The minimum Gasteiger partial charge on any atom is -0.494 e.